The molecule has 0 aliphatic rings. The van der Waals surface area contributed by atoms with Crippen LogP contribution in [0.3, 0.4) is 0 Å². The zero-order chi connectivity index (χ0) is 35.0. The third-order valence-corrected chi connectivity index (χ3v) is 9.34. The summed E-state index contributed by atoms with van der Waals surface area (Å²) in [5.74, 6) is 1.76. The Morgan fingerprint density at radius 2 is 0.942 bits per heavy atom. The van der Waals surface area contributed by atoms with Crippen molar-refractivity contribution in [1.82, 2.24) is 29.9 Å². The van der Waals surface area contributed by atoms with Gasteiger partial charge in [0.05, 0.1) is 11.0 Å². The molecular formula is C46H32N6. The van der Waals surface area contributed by atoms with Crippen molar-refractivity contribution in [3.05, 3.63) is 169 Å². The molecule has 5 aromatic carbocycles. The summed E-state index contributed by atoms with van der Waals surface area (Å²) in [7, 11) is 0. The zero-order valence-corrected chi connectivity index (χ0v) is 28.7. The second-order valence-electron chi connectivity index (χ2n) is 12.9. The van der Waals surface area contributed by atoms with Crippen molar-refractivity contribution in [2.45, 2.75) is 13.8 Å². The number of hydrogen-bond donors (Lipinski definition) is 0. The number of nitrogens with zero attached hydrogens (tertiary/aromatic N) is 6. The Morgan fingerprint density at radius 3 is 1.65 bits per heavy atom. The first-order valence-corrected chi connectivity index (χ1v) is 17.3. The summed E-state index contributed by atoms with van der Waals surface area (Å²) in [5, 5.41) is 2.21. The van der Waals surface area contributed by atoms with E-state index in [0.29, 0.717) is 23.2 Å². The van der Waals surface area contributed by atoms with Gasteiger partial charge in [-0.05, 0) is 77.6 Å². The molecule has 0 unspecified atom stereocenters. The zero-order valence-electron chi connectivity index (χ0n) is 28.7. The number of fused-ring (bicyclic) bond motifs is 3. The van der Waals surface area contributed by atoms with Crippen LogP contribution in [0.15, 0.2) is 158 Å². The number of pyridine rings is 3. The Bertz CT molecular complexity index is 2670. The van der Waals surface area contributed by atoms with E-state index < -0.39 is 0 Å². The van der Waals surface area contributed by atoms with Gasteiger partial charge in [0, 0.05) is 39.5 Å². The van der Waals surface area contributed by atoms with Crippen LogP contribution in [0.1, 0.15) is 11.4 Å². The normalized spacial score (nSPS) is 11.3. The molecule has 4 heterocycles. The molecule has 0 fully saturated rings. The third-order valence-electron chi connectivity index (χ3n) is 9.34. The smallest absolute Gasteiger partial charge is 0.182 e. The van der Waals surface area contributed by atoms with Crippen molar-refractivity contribution in [3.63, 3.8) is 0 Å². The molecule has 6 heteroatoms. The average molecular weight is 669 g/mol. The molecule has 9 rings (SSSR count). The molecule has 0 saturated carbocycles. The van der Waals surface area contributed by atoms with Crippen LogP contribution in [0, 0.1) is 13.8 Å². The Balaban J connectivity index is 1.02. The SMILES string of the molecule is Cc1ccc2ccc3c(-c4cccc(-c5ccc(-c6ccc(-c7nc(-c8ccccc8)nc(-c8ccccn8)n7)cc6)cc5)c4)cc(C)nc3c2n1. The van der Waals surface area contributed by atoms with E-state index in [4.69, 9.17) is 24.9 Å². The van der Waals surface area contributed by atoms with E-state index in [1.807, 2.05) is 61.5 Å². The fraction of sp³-hybridized carbons (Fsp3) is 0.0435. The average Bonchev–Trinajstić information content (AvgIpc) is 3.21. The maximum absolute atomic E-state index is 4.93. The van der Waals surface area contributed by atoms with Crippen molar-refractivity contribution in [1.29, 1.82) is 0 Å². The predicted molar refractivity (Wildman–Crippen MR) is 210 cm³/mol. The highest BCUT2D eigenvalue weighted by Crippen LogP contribution is 2.35. The van der Waals surface area contributed by atoms with Gasteiger partial charge in [-0.1, -0.05) is 121 Å². The Labute approximate surface area is 301 Å². The fourth-order valence-electron chi connectivity index (χ4n) is 6.70. The highest BCUT2D eigenvalue weighted by atomic mass is 15.0. The predicted octanol–water partition coefficient (Wildman–Crippen LogP) is 11.0. The third kappa shape index (κ3) is 5.97. The van der Waals surface area contributed by atoms with Gasteiger partial charge in [-0.2, -0.15) is 0 Å². The molecular weight excluding hydrogens is 637 g/mol. The number of aromatic nitrogens is 6. The lowest BCUT2D eigenvalue weighted by atomic mass is 9.94. The second kappa shape index (κ2) is 13.1. The molecule has 52 heavy (non-hydrogen) atoms. The summed E-state index contributed by atoms with van der Waals surface area (Å²) < 4.78 is 0. The molecule has 0 N–H and O–H groups in total. The largest absolute Gasteiger partial charge is 0.253 e. The Kier molecular flexibility index (Phi) is 7.82. The highest BCUT2D eigenvalue weighted by molar-refractivity contribution is 6.08. The maximum atomic E-state index is 4.93. The van der Waals surface area contributed by atoms with Gasteiger partial charge in [-0.3, -0.25) is 15.0 Å². The number of aryl methyl sites for hydroxylation is 2. The monoisotopic (exact) mass is 668 g/mol. The van der Waals surface area contributed by atoms with Gasteiger partial charge in [-0.15, -0.1) is 0 Å². The van der Waals surface area contributed by atoms with Crippen LogP contribution in [0.2, 0.25) is 0 Å². The fourth-order valence-corrected chi connectivity index (χ4v) is 6.70. The number of hydrogen-bond acceptors (Lipinski definition) is 6. The van der Waals surface area contributed by atoms with E-state index in [2.05, 4.69) is 109 Å². The molecule has 0 amide bonds. The number of rotatable bonds is 6. The van der Waals surface area contributed by atoms with Crippen LogP contribution in [-0.2, 0) is 0 Å². The second-order valence-corrected chi connectivity index (χ2v) is 12.9. The van der Waals surface area contributed by atoms with E-state index in [0.717, 1.165) is 77.7 Å². The topological polar surface area (TPSA) is 77.3 Å². The van der Waals surface area contributed by atoms with Gasteiger partial charge in [0.1, 0.15) is 5.69 Å². The van der Waals surface area contributed by atoms with Crippen molar-refractivity contribution in [3.8, 4) is 67.7 Å². The molecule has 0 aliphatic heterocycles. The Morgan fingerprint density at radius 1 is 0.365 bits per heavy atom. The van der Waals surface area contributed by atoms with Crippen molar-refractivity contribution < 1.29 is 0 Å². The van der Waals surface area contributed by atoms with E-state index in [1.165, 1.54) is 0 Å². The van der Waals surface area contributed by atoms with Crippen LogP contribution < -0.4 is 0 Å². The lowest BCUT2D eigenvalue weighted by Crippen LogP contribution is -2.00. The summed E-state index contributed by atoms with van der Waals surface area (Å²) in [6.07, 6.45) is 1.75. The maximum Gasteiger partial charge on any atom is 0.182 e. The molecule has 246 valence electrons. The van der Waals surface area contributed by atoms with Gasteiger partial charge >= 0.3 is 0 Å². The Hall–Kier alpha value is -6.92. The molecule has 0 radical (unpaired) electrons. The molecule has 9 aromatic rings. The quantitative estimate of drug-likeness (QED) is 0.164. The molecule has 4 aromatic heterocycles. The molecule has 0 spiro atoms. The van der Waals surface area contributed by atoms with Gasteiger partial charge in [0.25, 0.3) is 0 Å². The van der Waals surface area contributed by atoms with Crippen LogP contribution in [0.5, 0.6) is 0 Å². The lowest BCUT2D eigenvalue weighted by Gasteiger charge is -2.12. The summed E-state index contributed by atoms with van der Waals surface area (Å²) in [4.78, 5) is 28.7. The van der Waals surface area contributed by atoms with Crippen molar-refractivity contribution >= 4 is 21.8 Å². The minimum Gasteiger partial charge on any atom is -0.253 e. The van der Waals surface area contributed by atoms with Crippen LogP contribution in [0.25, 0.3) is 89.5 Å². The molecule has 6 nitrogen and oxygen atoms in total. The van der Waals surface area contributed by atoms with Gasteiger partial charge < -0.3 is 0 Å². The first-order chi connectivity index (χ1) is 25.6. The van der Waals surface area contributed by atoms with E-state index in [-0.39, 0.29) is 0 Å². The first kappa shape index (κ1) is 31.1. The van der Waals surface area contributed by atoms with Crippen LogP contribution in [-0.4, -0.2) is 29.9 Å². The lowest BCUT2D eigenvalue weighted by molar-refractivity contribution is 1.06. The summed E-state index contributed by atoms with van der Waals surface area (Å²) in [5.41, 5.74) is 13.3. The van der Waals surface area contributed by atoms with E-state index in [9.17, 15) is 0 Å². The van der Waals surface area contributed by atoms with Crippen LogP contribution >= 0.6 is 0 Å². The van der Waals surface area contributed by atoms with Gasteiger partial charge in [0.15, 0.2) is 17.5 Å². The standard InChI is InChI=1S/C46H32N6/c1-29-14-15-34-24-25-39-40(27-30(2)49-43(39)42(34)48-29)38-12-8-11-37(28-38)33-18-16-31(17-19-33)32-20-22-36(23-21-32)45-50-44(35-9-4-3-5-10-35)51-46(52-45)41-13-6-7-26-47-41/h3-28H,1-2H3. The van der Waals surface area contributed by atoms with Crippen LogP contribution in [0.4, 0.5) is 0 Å². The highest BCUT2D eigenvalue weighted by Gasteiger charge is 2.14. The minimum absolute atomic E-state index is 0.543. The molecule has 0 aliphatic carbocycles. The molecule has 0 saturated heterocycles. The summed E-state index contributed by atoms with van der Waals surface area (Å²) in [6, 6.07) is 52.2. The molecule has 0 atom stereocenters. The van der Waals surface area contributed by atoms with Gasteiger partial charge in [-0.25, -0.2) is 15.0 Å². The number of benzene rings is 5. The molecule has 0 bridgehead atoms. The summed E-state index contributed by atoms with van der Waals surface area (Å²) >= 11 is 0. The van der Waals surface area contributed by atoms with Crippen molar-refractivity contribution in [2.24, 2.45) is 0 Å². The van der Waals surface area contributed by atoms with Crippen molar-refractivity contribution in [2.75, 3.05) is 0 Å². The van der Waals surface area contributed by atoms with Gasteiger partial charge in [0.2, 0.25) is 0 Å². The summed E-state index contributed by atoms with van der Waals surface area (Å²) in [6.45, 7) is 4.08. The first-order valence-electron chi connectivity index (χ1n) is 17.3. The van der Waals surface area contributed by atoms with E-state index in [1.54, 1.807) is 6.20 Å². The minimum atomic E-state index is 0.543. The van der Waals surface area contributed by atoms with E-state index >= 15 is 0 Å².